The van der Waals surface area contributed by atoms with Gasteiger partial charge in [0.2, 0.25) is 5.91 Å². The lowest BCUT2D eigenvalue weighted by atomic mass is 10.2. The maximum absolute atomic E-state index is 12.1. The van der Waals surface area contributed by atoms with Crippen molar-refractivity contribution in [2.24, 2.45) is 0 Å². The molecule has 1 atom stereocenters. The van der Waals surface area contributed by atoms with Gasteiger partial charge in [0.1, 0.15) is 11.8 Å². The number of rotatable bonds is 6. The van der Waals surface area contributed by atoms with Gasteiger partial charge in [-0.25, -0.2) is 0 Å². The van der Waals surface area contributed by atoms with E-state index in [4.69, 9.17) is 4.74 Å². The summed E-state index contributed by atoms with van der Waals surface area (Å²) in [6, 6.07) is 6.86. The van der Waals surface area contributed by atoms with E-state index in [1.807, 2.05) is 20.0 Å². The smallest absolute Gasteiger partial charge is 0.246 e. The van der Waals surface area contributed by atoms with E-state index in [9.17, 15) is 4.79 Å². The van der Waals surface area contributed by atoms with E-state index >= 15 is 0 Å². The van der Waals surface area contributed by atoms with Gasteiger partial charge in [-0.05, 0) is 38.1 Å². The predicted octanol–water partition coefficient (Wildman–Crippen LogP) is 2.35. The molecular formula is C15H20N4O2. The molecule has 2 N–H and O–H groups in total. The molecule has 21 heavy (non-hydrogen) atoms. The number of benzene rings is 1. The van der Waals surface area contributed by atoms with Gasteiger partial charge in [-0.15, -0.1) is 0 Å². The van der Waals surface area contributed by atoms with E-state index in [-0.39, 0.29) is 11.9 Å². The fraction of sp³-hybridized carbons (Fsp3) is 0.333. The summed E-state index contributed by atoms with van der Waals surface area (Å²) in [6.45, 7) is 4.62. The molecule has 0 aliphatic rings. The lowest BCUT2D eigenvalue weighted by Gasteiger charge is -2.14. The summed E-state index contributed by atoms with van der Waals surface area (Å²) in [4.78, 5) is 12.1. The van der Waals surface area contributed by atoms with Crippen LogP contribution in [0, 0.1) is 0 Å². The Morgan fingerprint density at radius 2 is 2.05 bits per heavy atom. The summed E-state index contributed by atoms with van der Waals surface area (Å²) in [7, 11) is 1.61. The van der Waals surface area contributed by atoms with Crippen LogP contribution in [0.2, 0.25) is 0 Å². The molecule has 6 heteroatoms. The van der Waals surface area contributed by atoms with E-state index in [2.05, 4.69) is 15.7 Å². The molecule has 1 heterocycles. The molecule has 0 aliphatic carbocycles. The van der Waals surface area contributed by atoms with Gasteiger partial charge in [0.25, 0.3) is 0 Å². The molecule has 2 rings (SSSR count). The highest BCUT2D eigenvalue weighted by Gasteiger charge is 2.13. The molecular weight excluding hydrogens is 268 g/mol. The van der Waals surface area contributed by atoms with Gasteiger partial charge in [-0.2, -0.15) is 5.10 Å². The first-order valence-electron chi connectivity index (χ1n) is 6.86. The zero-order chi connectivity index (χ0) is 15.2. The van der Waals surface area contributed by atoms with Crippen molar-refractivity contribution in [2.45, 2.75) is 26.4 Å². The minimum Gasteiger partial charge on any atom is -0.497 e. The minimum absolute atomic E-state index is 0.107. The number of anilines is 2. The minimum atomic E-state index is -0.360. The Bertz CT molecular complexity index is 592. The molecule has 112 valence electrons. The molecule has 0 fully saturated rings. The molecule has 1 aromatic carbocycles. The number of carbonyl (C=O) groups excluding carboxylic acids is 1. The third-order valence-electron chi connectivity index (χ3n) is 3.09. The van der Waals surface area contributed by atoms with Gasteiger partial charge in [-0.3, -0.25) is 9.48 Å². The molecule has 0 spiro atoms. The highest BCUT2D eigenvalue weighted by atomic mass is 16.5. The van der Waals surface area contributed by atoms with Crippen molar-refractivity contribution in [2.75, 3.05) is 17.7 Å². The summed E-state index contributed by atoms with van der Waals surface area (Å²) in [5.41, 5.74) is 1.56. The number of hydrogen-bond acceptors (Lipinski definition) is 4. The summed E-state index contributed by atoms with van der Waals surface area (Å²) >= 11 is 0. The Labute approximate surface area is 124 Å². The van der Waals surface area contributed by atoms with Crippen molar-refractivity contribution in [3.05, 3.63) is 36.7 Å². The first kappa shape index (κ1) is 14.9. The number of amides is 1. The van der Waals surface area contributed by atoms with Crippen LogP contribution in [0.1, 0.15) is 13.8 Å². The zero-order valence-corrected chi connectivity index (χ0v) is 12.5. The first-order valence-corrected chi connectivity index (χ1v) is 6.86. The van der Waals surface area contributed by atoms with Crippen LogP contribution < -0.4 is 15.4 Å². The quantitative estimate of drug-likeness (QED) is 0.856. The number of carbonyl (C=O) groups is 1. The van der Waals surface area contributed by atoms with Crippen LogP contribution in [0.15, 0.2) is 36.7 Å². The van der Waals surface area contributed by atoms with Crippen molar-refractivity contribution >= 4 is 17.3 Å². The molecule has 0 saturated heterocycles. The van der Waals surface area contributed by atoms with E-state index in [0.29, 0.717) is 0 Å². The van der Waals surface area contributed by atoms with Crippen molar-refractivity contribution in [1.29, 1.82) is 0 Å². The van der Waals surface area contributed by atoms with Gasteiger partial charge in [-0.1, -0.05) is 0 Å². The van der Waals surface area contributed by atoms with Crippen molar-refractivity contribution in [3.63, 3.8) is 0 Å². The Hall–Kier alpha value is -2.50. The van der Waals surface area contributed by atoms with Crippen molar-refractivity contribution < 1.29 is 9.53 Å². The molecule has 2 aromatic rings. The van der Waals surface area contributed by atoms with Gasteiger partial charge >= 0.3 is 0 Å². The Morgan fingerprint density at radius 3 is 2.62 bits per heavy atom. The van der Waals surface area contributed by atoms with E-state index in [0.717, 1.165) is 23.7 Å². The lowest BCUT2D eigenvalue weighted by molar-refractivity contribution is -0.116. The number of aromatic nitrogens is 2. The van der Waals surface area contributed by atoms with Crippen LogP contribution in [0.4, 0.5) is 11.4 Å². The summed E-state index contributed by atoms with van der Waals surface area (Å²) in [5, 5.41) is 10.1. The molecule has 0 bridgehead atoms. The summed E-state index contributed by atoms with van der Waals surface area (Å²) < 4.78 is 6.88. The highest BCUT2D eigenvalue weighted by molar-refractivity contribution is 5.96. The predicted molar refractivity (Wildman–Crippen MR) is 82.6 cm³/mol. The second-order valence-electron chi connectivity index (χ2n) is 4.67. The number of methoxy groups -OCH3 is 1. The topological polar surface area (TPSA) is 68.2 Å². The monoisotopic (exact) mass is 288 g/mol. The van der Waals surface area contributed by atoms with Crippen LogP contribution in [-0.2, 0) is 11.3 Å². The summed E-state index contributed by atoms with van der Waals surface area (Å²) in [6.07, 6.45) is 3.58. The maximum atomic E-state index is 12.1. The van der Waals surface area contributed by atoms with Gasteiger partial charge in [0.15, 0.2) is 0 Å². The van der Waals surface area contributed by atoms with Crippen LogP contribution in [0.25, 0.3) is 0 Å². The van der Waals surface area contributed by atoms with Crippen LogP contribution >= 0.6 is 0 Å². The molecule has 0 saturated carbocycles. The molecule has 1 amide bonds. The standard InChI is InChI=1S/C15H20N4O2/c1-4-19-10-13(9-16-19)17-11(2)15(20)18-12-5-7-14(21-3)8-6-12/h5-11,17H,4H2,1-3H3,(H,18,20). The Kier molecular flexibility index (Phi) is 4.81. The van der Waals surface area contributed by atoms with E-state index < -0.39 is 0 Å². The number of hydrogen-bond donors (Lipinski definition) is 2. The fourth-order valence-electron chi connectivity index (χ4n) is 1.85. The first-order chi connectivity index (χ1) is 10.1. The second-order valence-corrected chi connectivity index (χ2v) is 4.67. The van der Waals surface area contributed by atoms with E-state index in [1.165, 1.54) is 0 Å². The maximum Gasteiger partial charge on any atom is 0.246 e. The molecule has 1 unspecified atom stereocenters. The van der Waals surface area contributed by atoms with Crippen LogP contribution in [0.5, 0.6) is 5.75 Å². The van der Waals surface area contributed by atoms with Gasteiger partial charge < -0.3 is 15.4 Å². The van der Waals surface area contributed by atoms with Crippen molar-refractivity contribution in [3.8, 4) is 5.75 Å². The number of nitrogens with one attached hydrogen (secondary N) is 2. The van der Waals surface area contributed by atoms with E-state index in [1.54, 1.807) is 42.3 Å². The molecule has 1 aromatic heterocycles. The molecule has 6 nitrogen and oxygen atoms in total. The van der Waals surface area contributed by atoms with Crippen LogP contribution in [0.3, 0.4) is 0 Å². The highest BCUT2D eigenvalue weighted by Crippen LogP contribution is 2.15. The second kappa shape index (κ2) is 6.78. The zero-order valence-electron chi connectivity index (χ0n) is 12.5. The van der Waals surface area contributed by atoms with Gasteiger partial charge in [0, 0.05) is 18.4 Å². The fourth-order valence-corrected chi connectivity index (χ4v) is 1.85. The molecule has 0 aliphatic heterocycles. The SMILES string of the molecule is CCn1cc(NC(C)C(=O)Nc2ccc(OC)cc2)cn1. The third-order valence-corrected chi connectivity index (χ3v) is 3.09. The Balaban J connectivity index is 1.92. The van der Waals surface area contributed by atoms with Crippen LogP contribution in [-0.4, -0.2) is 28.8 Å². The number of nitrogens with zero attached hydrogens (tertiary/aromatic N) is 2. The normalized spacial score (nSPS) is 11.8. The number of aryl methyl sites for hydroxylation is 1. The number of ether oxygens (including phenoxy) is 1. The Morgan fingerprint density at radius 1 is 1.33 bits per heavy atom. The summed E-state index contributed by atoms with van der Waals surface area (Å²) in [5.74, 6) is 0.649. The lowest BCUT2D eigenvalue weighted by Crippen LogP contribution is -2.31. The third kappa shape index (κ3) is 3.98. The van der Waals surface area contributed by atoms with Crippen molar-refractivity contribution in [1.82, 2.24) is 9.78 Å². The average Bonchev–Trinajstić information content (AvgIpc) is 2.95. The largest absolute Gasteiger partial charge is 0.497 e. The average molecular weight is 288 g/mol. The molecule has 0 radical (unpaired) electrons. The van der Waals surface area contributed by atoms with Gasteiger partial charge in [0.05, 0.1) is 19.0 Å².